The predicted octanol–water partition coefficient (Wildman–Crippen LogP) is 0.275. The molecule has 0 heterocycles. The third kappa shape index (κ3) is 5.02. The smallest absolute Gasteiger partial charge is 0.339 e. The van der Waals surface area contributed by atoms with Crippen molar-refractivity contribution in [1.82, 2.24) is 4.72 Å². The lowest BCUT2D eigenvalue weighted by Gasteiger charge is -2.19. The summed E-state index contributed by atoms with van der Waals surface area (Å²) >= 11 is 0. The molecule has 0 saturated carbocycles. The van der Waals surface area contributed by atoms with Crippen molar-refractivity contribution < 1.29 is 27.5 Å². The quantitative estimate of drug-likeness (QED) is 0.710. The molecule has 0 unspecified atom stereocenters. The van der Waals surface area contributed by atoms with Gasteiger partial charge >= 0.3 is 11.9 Å². The normalized spacial score (nSPS) is 11.9. The molecule has 0 amide bonds. The van der Waals surface area contributed by atoms with Crippen molar-refractivity contribution in [2.75, 3.05) is 20.8 Å². The number of carbonyl (C=O) groups excluding carboxylic acids is 2. The molecular weight excluding hydrogens is 324 g/mol. The first-order valence-electron chi connectivity index (χ1n) is 6.61. The Morgan fingerprint density at radius 3 is 2.22 bits per heavy atom. The van der Waals surface area contributed by atoms with Crippen molar-refractivity contribution in [2.45, 2.75) is 24.3 Å². The van der Waals surface area contributed by atoms with E-state index in [2.05, 4.69) is 14.2 Å². The van der Waals surface area contributed by atoms with Crippen LogP contribution >= 0.6 is 0 Å². The topological polar surface area (TPSA) is 125 Å². The molecule has 0 radical (unpaired) electrons. The van der Waals surface area contributed by atoms with Crippen LogP contribution in [0.2, 0.25) is 0 Å². The van der Waals surface area contributed by atoms with Crippen molar-refractivity contribution in [3.8, 4) is 0 Å². The molecule has 23 heavy (non-hydrogen) atoms. The Balaban J connectivity index is 3.39. The molecular formula is C14H20N2O6S. The number of esters is 2. The number of benzene rings is 1. The second-order valence-electron chi connectivity index (χ2n) is 5.51. The van der Waals surface area contributed by atoms with E-state index >= 15 is 0 Å². The molecule has 3 N–H and O–H groups in total. The summed E-state index contributed by atoms with van der Waals surface area (Å²) in [6, 6.07) is 3.54. The Bertz CT molecular complexity index is 706. The van der Waals surface area contributed by atoms with E-state index in [0.29, 0.717) is 0 Å². The highest BCUT2D eigenvalue weighted by Gasteiger charge is 2.26. The summed E-state index contributed by atoms with van der Waals surface area (Å²) in [6.45, 7) is 3.22. The first-order chi connectivity index (χ1) is 10.5. The molecule has 0 aliphatic rings. The average Bonchev–Trinajstić information content (AvgIpc) is 2.50. The maximum atomic E-state index is 12.5. The maximum absolute atomic E-state index is 12.5. The van der Waals surface area contributed by atoms with Gasteiger partial charge < -0.3 is 15.2 Å². The van der Waals surface area contributed by atoms with Crippen LogP contribution in [0.4, 0.5) is 0 Å². The maximum Gasteiger partial charge on any atom is 0.339 e. The Morgan fingerprint density at radius 2 is 1.74 bits per heavy atom. The zero-order valence-electron chi connectivity index (χ0n) is 13.4. The van der Waals surface area contributed by atoms with Gasteiger partial charge in [0.25, 0.3) is 0 Å². The van der Waals surface area contributed by atoms with E-state index in [1.165, 1.54) is 19.2 Å². The van der Waals surface area contributed by atoms with Gasteiger partial charge in [0.2, 0.25) is 10.0 Å². The first kappa shape index (κ1) is 19.1. The fraction of sp³-hybridized carbons (Fsp3) is 0.429. The number of carbonyl (C=O) groups is 2. The highest BCUT2D eigenvalue weighted by atomic mass is 32.2. The summed E-state index contributed by atoms with van der Waals surface area (Å²) in [4.78, 5) is 23.0. The summed E-state index contributed by atoms with van der Waals surface area (Å²) in [5.74, 6) is -1.56. The van der Waals surface area contributed by atoms with E-state index in [1.54, 1.807) is 13.8 Å². The highest BCUT2D eigenvalue weighted by Crippen LogP contribution is 2.20. The molecule has 0 saturated heterocycles. The number of hydrogen-bond acceptors (Lipinski definition) is 7. The van der Waals surface area contributed by atoms with E-state index in [-0.39, 0.29) is 22.6 Å². The number of hydrogen-bond donors (Lipinski definition) is 2. The predicted molar refractivity (Wildman–Crippen MR) is 82.6 cm³/mol. The minimum absolute atomic E-state index is 0.00691. The zero-order chi connectivity index (χ0) is 17.8. The fourth-order valence-corrected chi connectivity index (χ4v) is 3.07. The van der Waals surface area contributed by atoms with Crippen molar-refractivity contribution in [1.29, 1.82) is 0 Å². The van der Waals surface area contributed by atoms with Gasteiger partial charge in [-0.1, -0.05) is 0 Å². The summed E-state index contributed by atoms with van der Waals surface area (Å²) in [5.41, 5.74) is 4.76. The molecule has 1 aromatic carbocycles. The number of sulfonamides is 1. The van der Waals surface area contributed by atoms with Gasteiger partial charge in [0.05, 0.1) is 30.2 Å². The van der Waals surface area contributed by atoms with Gasteiger partial charge in [-0.2, -0.15) is 0 Å². The van der Waals surface area contributed by atoms with Gasteiger partial charge in [-0.3, -0.25) is 0 Å². The van der Waals surface area contributed by atoms with Crippen LogP contribution in [0.5, 0.6) is 0 Å². The molecule has 8 nitrogen and oxygen atoms in total. The third-order valence-electron chi connectivity index (χ3n) is 2.82. The van der Waals surface area contributed by atoms with Crippen LogP contribution < -0.4 is 10.5 Å². The zero-order valence-corrected chi connectivity index (χ0v) is 14.2. The van der Waals surface area contributed by atoms with Gasteiger partial charge in [0.15, 0.2) is 0 Å². The van der Waals surface area contributed by atoms with Gasteiger partial charge in [-0.15, -0.1) is 0 Å². The average molecular weight is 344 g/mol. The molecule has 0 aromatic heterocycles. The standard InChI is InChI=1S/C14H20N2O6S/c1-14(2,15)8-16-23(19,20)11-7-9(12(17)21-3)5-6-10(11)13(18)22-4/h5-7,16H,8,15H2,1-4H3. The van der Waals surface area contributed by atoms with Crippen molar-refractivity contribution >= 4 is 22.0 Å². The van der Waals surface area contributed by atoms with Crippen LogP contribution in [-0.4, -0.2) is 46.7 Å². The Hall–Kier alpha value is -1.97. The van der Waals surface area contributed by atoms with E-state index in [1.807, 2.05) is 0 Å². The third-order valence-corrected chi connectivity index (χ3v) is 4.26. The lowest BCUT2D eigenvalue weighted by Crippen LogP contribution is -2.45. The number of rotatable bonds is 6. The molecule has 128 valence electrons. The highest BCUT2D eigenvalue weighted by molar-refractivity contribution is 7.89. The summed E-state index contributed by atoms with van der Waals surface area (Å²) in [7, 11) is -1.79. The Morgan fingerprint density at radius 1 is 1.17 bits per heavy atom. The fourth-order valence-electron chi connectivity index (χ4n) is 1.63. The molecule has 9 heteroatoms. The van der Waals surface area contributed by atoms with E-state index in [4.69, 9.17) is 5.73 Å². The van der Waals surface area contributed by atoms with Gasteiger partial charge in [0, 0.05) is 12.1 Å². The summed E-state index contributed by atoms with van der Waals surface area (Å²) in [6.07, 6.45) is 0. The molecule has 1 aromatic rings. The second kappa shape index (κ2) is 7.07. The minimum atomic E-state index is -4.08. The second-order valence-corrected chi connectivity index (χ2v) is 7.24. The van der Waals surface area contributed by atoms with Gasteiger partial charge in [0.1, 0.15) is 0 Å². The van der Waals surface area contributed by atoms with Crippen LogP contribution in [0.3, 0.4) is 0 Å². The molecule has 1 rings (SSSR count). The van der Waals surface area contributed by atoms with Crippen LogP contribution in [0.1, 0.15) is 34.6 Å². The first-order valence-corrected chi connectivity index (χ1v) is 8.09. The van der Waals surface area contributed by atoms with Crippen LogP contribution in [-0.2, 0) is 19.5 Å². The molecule has 0 spiro atoms. The summed E-state index contributed by atoms with van der Waals surface area (Å²) in [5, 5.41) is 0. The number of nitrogens with one attached hydrogen (secondary N) is 1. The molecule has 0 bridgehead atoms. The Kier molecular flexibility index (Phi) is 5.86. The largest absolute Gasteiger partial charge is 0.465 e. The van der Waals surface area contributed by atoms with Crippen molar-refractivity contribution in [2.24, 2.45) is 5.73 Å². The molecule has 0 atom stereocenters. The lowest BCUT2D eigenvalue weighted by atomic mass is 10.1. The van der Waals surface area contributed by atoms with Crippen LogP contribution in [0.25, 0.3) is 0 Å². The van der Waals surface area contributed by atoms with E-state index in [9.17, 15) is 18.0 Å². The monoisotopic (exact) mass is 344 g/mol. The SMILES string of the molecule is COC(=O)c1ccc(C(=O)OC)c(S(=O)(=O)NCC(C)(C)N)c1. The van der Waals surface area contributed by atoms with E-state index < -0.39 is 27.5 Å². The minimum Gasteiger partial charge on any atom is -0.465 e. The molecule has 0 aliphatic heterocycles. The van der Waals surface area contributed by atoms with E-state index in [0.717, 1.165) is 13.2 Å². The van der Waals surface area contributed by atoms with Crippen LogP contribution in [0, 0.1) is 0 Å². The summed E-state index contributed by atoms with van der Waals surface area (Å²) < 4.78 is 36.3. The Labute approximate surface area is 135 Å². The molecule has 0 fully saturated rings. The number of ether oxygens (including phenoxy) is 2. The van der Waals surface area contributed by atoms with Gasteiger partial charge in [-0.05, 0) is 32.0 Å². The van der Waals surface area contributed by atoms with Gasteiger partial charge in [-0.25, -0.2) is 22.7 Å². The van der Waals surface area contributed by atoms with Crippen molar-refractivity contribution in [3.05, 3.63) is 29.3 Å². The number of nitrogens with two attached hydrogens (primary N) is 1. The molecule has 0 aliphatic carbocycles. The number of methoxy groups -OCH3 is 2. The van der Waals surface area contributed by atoms with Crippen LogP contribution in [0.15, 0.2) is 23.1 Å². The van der Waals surface area contributed by atoms with Crippen molar-refractivity contribution in [3.63, 3.8) is 0 Å². The lowest BCUT2D eigenvalue weighted by molar-refractivity contribution is 0.0583.